The van der Waals surface area contributed by atoms with E-state index in [0.29, 0.717) is 5.56 Å². The standard InChI is InChI=1S/C28H21F4N3O2/c1-2-24-21(28(30,31)32)15-25(35(24)20-10-6-7-17(13-20)16-33)27(37)34-23-12-11-19(14-22(23)29)26(36)18-8-4-3-5-9-18/h3-15,26,36H,2H2,1H3,(H,34,37). The Balaban J connectivity index is 1.73. The van der Waals surface area contributed by atoms with Gasteiger partial charge < -0.3 is 15.0 Å². The van der Waals surface area contributed by atoms with Crippen molar-refractivity contribution < 1.29 is 27.5 Å². The molecule has 3 aromatic carbocycles. The molecule has 0 saturated heterocycles. The van der Waals surface area contributed by atoms with Crippen molar-refractivity contribution in [2.75, 3.05) is 5.32 Å². The van der Waals surface area contributed by atoms with Crippen LogP contribution in [0.25, 0.3) is 5.69 Å². The molecule has 1 atom stereocenters. The van der Waals surface area contributed by atoms with E-state index in [-0.39, 0.29) is 40.3 Å². The van der Waals surface area contributed by atoms with Gasteiger partial charge in [0, 0.05) is 11.4 Å². The molecule has 5 nitrogen and oxygen atoms in total. The Morgan fingerprint density at radius 2 is 1.76 bits per heavy atom. The van der Waals surface area contributed by atoms with Crippen molar-refractivity contribution >= 4 is 11.6 Å². The van der Waals surface area contributed by atoms with Crippen molar-refractivity contribution in [2.45, 2.75) is 25.6 Å². The number of nitriles is 1. The number of anilines is 1. The molecule has 4 rings (SSSR count). The van der Waals surface area contributed by atoms with Crippen molar-refractivity contribution in [1.29, 1.82) is 5.26 Å². The van der Waals surface area contributed by atoms with E-state index in [4.69, 9.17) is 0 Å². The molecule has 9 heteroatoms. The van der Waals surface area contributed by atoms with Crippen LogP contribution in [-0.4, -0.2) is 15.6 Å². The first-order valence-electron chi connectivity index (χ1n) is 11.3. The highest BCUT2D eigenvalue weighted by Crippen LogP contribution is 2.36. The zero-order valence-electron chi connectivity index (χ0n) is 19.6. The summed E-state index contributed by atoms with van der Waals surface area (Å²) in [4.78, 5) is 13.2. The molecule has 0 aliphatic rings. The monoisotopic (exact) mass is 507 g/mol. The number of carbonyl (C=O) groups excluding carboxylic acids is 1. The van der Waals surface area contributed by atoms with Crippen LogP contribution in [0.15, 0.2) is 78.9 Å². The maximum Gasteiger partial charge on any atom is 0.418 e. The Labute approximate surface area is 210 Å². The van der Waals surface area contributed by atoms with Crippen LogP contribution >= 0.6 is 0 Å². The Morgan fingerprint density at radius 3 is 2.38 bits per heavy atom. The minimum Gasteiger partial charge on any atom is -0.384 e. The molecular weight excluding hydrogens is 486 g/mol. The van der Waals surface area contributed by atoms with Crippen molar-refractivity contribution in [3.05, 3.63) is 118 Å². The lowest BCUT2D eigenvalue weighted by molar-refractivity contribution is -0.138. The molecule has 1 amide bonds. The van der Waals surface area contributed by atoms with Gasteiger partial charge in [0.05, 0.1) is 22.9 Å². The summed E-state index contributed by atoms with van der Waals surface area (Å²) in [5.74, 6) is -1.83. The number of halogens is 4. The largest absolute Gasteiger partial charge is 0.418 e. The Bertz CT molecular complexity index is 1490. The molecule has 0 radical (unpaired) electrons. The van der Waals surface area contributed by atoms with Gasteiger partial charge in [-0.05, 0) is 53.9 Å². The van der Waals surface area contributed by atoms with E-state index in [1.807, 2.05) is 6.07 Å². The first-order chi connectivity index (χ1) is 17.6. The molecule has 37 heavy (non-hydrogen) atoms. The van der Waals surface area contributed by atoms with E-state index in [9.17, 15) is 32.7 Å². The number of hydrogen-bond donors (Lipinski definition) is 2. The number of hydrogen-bond acceptors (Lipinski definition) is 3. The lowest BCUT2D eigenvalue weighted by Crippen LogP contribution is -2.18. The van der Waals surface area contributed by atoms with E-state index in [0.717, 1.165) is 16.7 Å². The van der Waals surface area contributed by atoms with Crippen LogP contribution in [0.4, 0.5) is 23.2 Å². The summed E-state index contributed by atoms with van der Waals surface area (Å²) >= 11 is 0. The normalized spacial score (nSPS) is 12.1. The van der Waals surface area contributed by atoms with E-state index >= 15 is 0 Å². The number of nitrogens with zero attached hydrogens (tertiary/aromatic N) is 2. The van der Waals surface area contributed by atoms with Gasteiger partial charge in [0.15, 0.2) is 0 Å². The van der Waals surface area contributed by atoms with Crippen molar-refractivity contribution in [3.63, 3.8) is 0 Å². The first-order valence-corrected chi connectivity index (χ1v) is 11.3. The predicted molar refractivity (Wildman–Crippen MR) is 130 cm³/mol. The van der Waals surface area contributed by atoms with Gasteiger partial charge in [0.25, 0.3) is 5.91 Å². The summed E-state index contributed by atoms with van der Waals surface area (Å²) in [5, 5.41) is 22.1. The van der Waals surface area contributed by atoms with Gasteiger partial charge in [-0.15, -0.1) is 0 Å². The van der Waals surface area contributed by atoms with Crippen LogP contribution < -0.4 is 5.32 Å². The third-order valence-electron chi connectivity index (χ3n) is 5.88. The second-order valence-electron chi connectivity index (χ2n) is 8.25. The van der Waals surface area contributed by atoms with Gasteiger partial charge in [-0.2, -0.15) is 18.4 Å². The van der Waals surface area contributed by atoms with Crippen LogP contribution in [0.5, 0.6) is 0 Å². The molecule has 188 valence electrons. The second-order valence-corrected chi connectivity index (χ2v) is 8.25. The minimum atomic E-state index is -4.74. The highest BCUT2D eigenvalue weighted by Gasteiger charge is 2.37. The molecular formula is C28H21F4N3O2. The molecule has 4 aromatic rings. The summed E-state index contributed by atoms with van der Waals surface area (Å²) < 4.78 is 57.5. The quantitative estimate of drug-likeness (QED) is 0.296. The third-order valence-corrected chi connectivity index (χ3v) is 5.88. The van der Waals surface area contributed by atoms with Gasteiger partial charge in [-0.25, -0.2) is 4.39 Å². The fourth-order valence-electron chi connectivity index (χ4n) is 4.14. The van der Waals surface area contributed by atoms with E-state index in [2.05, 4.69) is 5.32 Å². The average molecular weight is 507 g/mol. The number of benzene rings is 3. The van der Waals surface area contributed by atoms with Crippen molar-refractivity contribution in [1.82, 2.24) is 4.57 Å². The number of alkyl halides is 3. The van der Waals surface area contributed by atoms with Crippen LogP contribution in [0.3, 0.4) is 0 Å². The summed E-state index contributed by atoms with van der Waals surface area (Å²) in [6.07, 6.45) is -5.90. The number of nitrogens with one attached hydrogen (secondary N) is 1. The summed E-state index contributed by atoms with van der Waals surface area (Å²) in [7, 11) is 0. The second kappa shape index (κ2) is 10.3. The minimum absolute atomic E-state index is 0.0562. The van der Waals surface area contributed by atoms with E-state index in [1.54, 1.807) is 30.3 Å². The number of aliphatic hydroxyl groups excluding tert-OH is 1. The molecule has 1 heterocycles. The number of aliphatic hydroxyl groups is 1. The Kier molecular flexibility index (Phi) is 7.14. The predicted octanol–water partition coefficient (Wildman–Crippen LogP) is 6.40. The van der Waals surface area contributed by atoms with Crippen LogP contribution in [0.1, 0.15) is 51.5 Å². The Hall–Kier alpha value is -4.42. The first kappa shape index (κ1) is 25.7. The molecule has 0 aliphatic carbocycles. The van der Waals surface area contributed by atoms with Crippen LogP contribution in [0, 0.1) is 17.1 Å². The summed E-state index contributed by atoms with van der Waals surface area (Å²) in [5.41, 5.74) is -0.621. The van der Waals surface area contributed by atoms with Crippen molar-refractivity contribution in [3.8, 4) is 11.8 Å². The van der Waals surface area contributed by atoms with Crippen molar-refractivity contribution in [2.24, 2.45) is 0 Å². The molecule has 2 N–H and O–H groups in total. The number of aromatic nitrogens is 1. The number of carbonyl (C=O) groups is 1. The molecule has 1 unspecified atom stereocenters. The van der Waals surface area contributed by atoms with E-state index < -0.39 is 29.6 Å². The van der Waals surface area contributed by atoms with Gasteiger partial charge in [0.1, 0.15) is 17.6 Å². The van der Waals surface area contributed by atoms with E-state index in [1.165, 1.54) is 43.3 Å². The fourth-order valence-corrected chi connectivity index (χ4v) is 4.14. The molecule has 0 saturated carbocycles. The lowest BCUT2D eigenvalue weighted by atomic mass is 10.0. The van der Waals surface area contributed by atoms with Crippen LogP contribution in [0.2, 0.25) is 0 Å². The maximum atomic E-state index is 14.9. The molecule has 1 aromatic heterocycles. The lowest BCUT2D eigenvalue weighted by Gasteiger charge is -2.16. The fraction of sp³-hybridized carbons (Fsp3) is 0.143. The average Bonchev–Trinajstić information content (AvgIpc) is 3.30. The zero-order valence-corrected chi connectivity index (χ0v) is 19.6. The zero-order chi connectivity index (χ0) is 26.7. The highest BCUT2D eigenvalue weighted by molar-refractivity contribution is 6.04. The third kappa shape index (κ3) is 5.25. The number of amides is 1. The number of rotatable bonds is 6. The van der Waals surface area contributed by atoms with Gasteiger partial charge >= 0.3 is 6.18 Å². The highest BCUT2D eigenvalue weighted by atomic mass is 19.4. The Morgan fingerprint density at radius 1 is 1.03 bits per heavy atom. The van der Waals surface area contributed by atoms with Gasteiger partial charge in [-0.1, -0.05) is 49.4 Å². The molecule has 0 aliphatic heterocycles. The molecule has 0 fully saturated rings. The molecule has 0 bridgehead atoms. The van der Waals surface area contributed by atoms with Gasteiger partial charge in [-0.3, -0.25) is 4.79 Å². The molecule has 0 spiro atoms. The summed E-state index contributed by atoms with van der Waals surface area (Å²) in [6.45, 7) is 1.52. The van der Waals surface area contributed by atoms with Gasteiger partial charge in [0.2, 0.25) is 0 Å². The SMILES string of the molecule is CCc1c(C(F)(F)F)cc(C(=O)Nc2ccc(C(O)c3ccccc3)cc2F)n1-c1cccc(C#N)c1. The summed E-state index contributed by atoms with van der Waals surface area (Å²) in [6, 6.07) is 20.8. The smallest absolute Gasteiger partial charge is 0.384 e. The topological polar surface area (TPSA) is 78.0 Å². The van der Waals surface area contributed by atoms with Crippen LogP contribution in [-0.2, 0) is 12.6 Å². The maximum absolute atomic E-state index is 14.9.